The monoisotopic (exact) mass is 252 g/mol. The Hall–Kier alpha value is -2.26. The number of nitrogens with one attached hydrogen (secondary N) is 2. The van der Waals surface area contributed by atoms with Crippen LogP contribution >= 0.6 is 0 Å². The number of carbonyl (C=O) groups excluding carboxylic acids is 1. The molecule has 1 aromatic rings. The Labute approximate surface area is 104 Å². The molecule has 6 heteroatoms. The summed E-state index contributed by atoms with van der Waals surface area (Å²) in [5, 5.41) is 13.3. The molecule has 5 nitrogen and oxygen atoms in total. The largest absolute Gasteiger partial charge is 0.479 e. The van der Waals surface area contributed by atoms with Crippen molar-refractivity contribution in [2.75, 3.05) is 25.1 Å². The van der Waals surface area contributed by atoms with Crippen molar-refractivity contribution in [2.45, 2.75) is 0 Å². The minimum Gasteiger partial charge on any atom is -0.479 e. The third-order valence-corrected chi connectivity index (χ3v) is 1.90. The van der Waals surface area contributed by atoms with Crippen LogP contribution in [0.1, 0.15) is 0 Å². The lowest BCUT2D eigenvalue weighted by atomic mass is 10.3. The zero-order chi connectivity index (χ0) is 13.4. The van der Waals surface area contributed by atoms with Gasteiger partial charge in [-0.15, -0.1) is 6.42 Å². The molecule has 0 heterocycles. The molecule has 96 valence electrons. The van der Waals surface area contributed by atoms with Gasteiger partial charge in [-0.25, -0.2) is 9.18 Å². The van der Waals surface area contributed by atoms with E-state index < -0.39 is 11.8 Å². The van der Waals surface area contributed by atoms with Crippen LogP contribution in [0.2, 0.25) is 0 Å². The fraction of sp³-hybridized carbons (Fsp3) is 0.250. The highest BCUT2D eigenvalue weighted by Crippen LogP contribution is 2.25. The first-order valence-electron chi connectivity index (χ1n) is 5.19. The number of carbonyl (C=O) groups is 1. The van der Waals surface area contributed by atoms with Gasteiger partial charge >= 0.3 is 6.03 Å². The maximum absolute atomic E-state index is 13.1. The molecule has 0 spiro atoms. The number of ether oxygens (including phenoxy) is 1. The van der Waals surface area contributed by atoms with E-state index in [1.807, 2.05) is 0 Å². The van der Waals surface area contributed by atoms with Crippen LogP contribution in [0.25, 0.3) is 0 Å². The van der Waals surface area contributed by atoms with Gasteiger partial charge in [-0.1, -0.05) is 5.92 Å². The highest BCUT2D eigenvalue weighted by Gasteiger charge is 2.08. The number of hydrogen-bond acceptors (Lipinski definition) is 3. The zero-order valence-corrected chi connectivity index (χ0v) is 9.57. The van der Waals surface area contributed by atoms with E-state index in [9.17, 15) is 9.18 Å². The summed E-state index contributed by atoms with van der Waals surface area (Å²) in [5.74, 6) is 2.03. The van der Waals surface area contributed by atoms with Gasteiger partial charge in [-0.05, 0) is 12.1 Å². The molecule has 0 saturated carbocycles. The lowest BCUT2D eigenvalue weighted by molar-refractivity contribution is 0.244. The third-order valence-electron chi connectivity index (χ3n) is 1.90. The summed E-state index contributed by atoms with van der Waals surface area (Å²) >= 11 is 0. The smallest absolute Gasteiger partial charge is 0.319 e. The quantitative estimate of drug-likeness (QED) is 0.683. The summed E-state index contributed by atoms with van der Waals surface area (Å²) in [5.41, 5.74) is 0.167. The van der Waals surface area contributed by atoms with Gasteiger partial charge in [0.25, 0.3) is 0 Å². The first kappa shape index (κ1) is 13.8. The highest BCUT2D eigenvalue weighted by molar-refractivity contribution is 5.90. The van der Waals surface area contributed by atoms with Gasteiger partial charge in [0, 0.05) is 12.6 Å². The average molecular weight is 252 g/mol. The minimum absolute atomic E-state index is 0.0125. The van der Waals surface area contributed by atoms with E-state index in [1.54, 1.807) is 0 Å². The fourth-order valence-corrected chi connectivity index (χ4v) is 1.18. The number of aliphatic hydroxyl groups is 1. The maximum atomic E-state index is 13.1. The van der Waals surface area contributed by atoms with E-state index >= 15 is 0 Å². The summed E-state index contributed by atoms with van der Waals surface area (Å²) in [6.07, 6.45) is 5.05. The summed E-state index contributed by atoms with van der Waals surface area (Å²) in [4.78, 5) is 11.4. The minimum atomic E-state index is -0.569. The van der Waals surface area contributed by atoms with Crippen LogP contribution in [0.4, 0.5) is 14.9 Å². The maximum Gasteiger partial charge on any atom is 0.319 e. The molecule has 0 bridgehead atoms. The van der Waals surface area contributed by atoms with E-state index in [4.69, 9.17) is 16.3 Å². The van der Waals surface area contributed by atoms with Gasteiger partial charge in [-0.3, -0.25) is 0 Å². The second kappa shape index (κ2) is 7.14. The van der Waals surface area contributed by atoms with Gasteiger partial charge in [-0.2, -0.15) is 0 Å². The molecule has 3 N–H and O–H groups in total. The van der Waals surface area contributed by atoms with E-state index in [1.165, 1.54) is 12.1 Å². The summed E-state index contributed by atoms with van der Waals surface area (Å²) in [7, 11) is 0. The van der Waals surface area contributed by atoms with Crippen molar-refractivity contribution in [3.8, 4) is 18.1 Å². The summed E-state index contributed by atoms with van der Waals surface area (Å²) in [6.45, 7) is -0.0721. The molecule has 1 aromatic carbocycles. The molecule has 18 heavy (non-hydrogen) atoms. The first-order valence-corrected chi connectivity index (χ1v) is 5.19. The van der Waals surface area contributed by atoms with Crippen LogP contribution in [0.15, 0.2) is 18.2 Å². The first-order chi connectivity index (χ1) is 8.67. The molecular weight excluding hydrogens is 239 g/mol. The molecular formula is C12H13FN2O3. The Kier molecular flexibility index (Phi) is 5.48. The van der Waals surface area contributed by atoms with Crippen molar-refractivity contribution in [1.29, 1.82) is 0 Å². The van der Waals surface area contributed by atoms with Crippen molar-refractivity contribution in [3.63, 3.8) is 0 Å². The van der Waals surface area contributed by atoms with Crippen LogP contribution < -0.4 is 15.4 Å². The molecule has 0 atom stereocenters. The molecule has 0 aliphatic carbocycles. The van der Waals surface area contributed by atoms with Crippen molar-refractivity contribution < 1.29 is 19.0 Å². The topological polar surface area (TPSA) is 70.6 Å². The molecule has 0 radical (unpaired) electrons. The van der Waals surface area contributed by atoms with E-state index in [2.05, 4.69) is 16.6 Å². The Morgan fingerprint density at radius 3 is 3.00 bits per heavy atom. The Morgan fingerprint density at radius 2 is 2.33 bits per heavy atom. The van der Waals surface area contributed by atoms with Gasteiger partial charge in [0.2, 0.25) is 0 Å². The molecule has 0 aromatic heterocycles. The molecule has 0 saturated heterocycles. The predicted molar refractivity (Wildman–Crippen MR) is 64.8 cm³/mol. The second-order valence-corrected chi connectivity index (χ2v) is 3.24. The number of rotatable bonds is 5. The number of urea groups is 1. The number of hydrogen-bond donors (Lipinski definition) is 3. The van der Waals surface area contributed by atoms with Crippen LogP contribution in [0, 0.1) is 18.2 Å². The van der Waals surface area contributed by atoms with E-state index in [0.717, 1.165) is 6.07 Å². The van der Waals surface area contributed by atoms with Crippen molar-refractivity contribution in [3.05, 3.63) is 24.0 Å². The van der Waals surface area contributed by atoms with Crippen LogP contribution in [0.5, 0.6) is 5.75 Å². The molecule has 0 fully saturated rings. The second-order valence-electron chi connectivity index (χ2n) is 3.24. The van der Waals surface area contributed by atoms with Gasteiger partial charge < -0.3 is 20.5 Å². The van der Waals surface area contributed by atoms with Crippen LogP contribution in [0.3, 0.4) is 0 Å². The zero-order valence-electron chi connectivity index (χ0n) is 9.57. The highest BCUT2D eigenvalue weighted by atomic mass is 19.1. The van der Waals surface area contributed by atoms with Gasteiger partial charge in [0.05, 0.1) is 12.3 Å². The lowest BCUT2D eigenvalue weighted by Crippen LogP contribution is -2.31. The van der Waals surface area contributed by atoms with Crippen molar-refractivity contribution >= 4 is 11.7 Å². The number of aliphatic hydroxyl groups excluding tert-OH is 1. The fourth-order valence-electron chi connectivity index (χ4n) is 1.18. The normalized spacial score (nSPS) is 9.39. The van der Waals surface area contributed by atoms with Crippen molar-refractivity contribution in [1.82, 2.24) is 5.32 Å². The number of terminal acetylenes is 1. The molecule has 0 unspecified atom stereocenters. The summed E-state index contributed by atoms with van der Waals surface area (Å²) in [6, 6.07) is 3.11. The molecule has 1 rings (SSSR count). The number of anilines is 1. The van der Waals surface area contributed by atoms with Gasteiger partial charge in [0.15, 0.2) is 0 Å². The standard InChI is InChI=1S/C12H13FN2O3/c1-2-7-18-11-4-3-9(13)8-10(11)15-12(17)14-5-6-16/h1,3-4,8,16H,5-7H2,(H2,14,15,17). The van der Waals surface area contributed by atoms with E-state index in [0.29, 0.717) is 0 Å². The van der Waals surface area contributed by atoms with Crippen LogP contribution in [-0.4, -0.2) is 30.9 Å². The number of amides is 2. The van der Waals surface area contributed by atoms with E-state index in [-0.39, 0.29) is 31.2 Å². The molecule has 0 aliphatic heterocycles. The predicted octanol–water partition coefficient (Wildman–Crippen LogP) is 0.951. The molecule has 2 amide bonds. The number of halogens is 1. The van der Waals surface area contributed by atoms with Crippen molar-refractivity contribution in [2.24, 2.45) is 0 Å². The number of benzene rings is 1. The Morgan fingerprint density at radius 1 is 1.56 bits per heavy atom. The Balaban J connectivity index is 2.75. The molecule has 0 aliphatic rings. The third kappa shape index (κ3) is 4.31. The summed E-state index contributed by atoms with van der Waals surface area (Å²) < 4.78 is 18.2. The average Bonchev–Trinajstić information content (AvgIpc) is 2.35. The Bertz CT molecular complexity index is 457. The van der Waals surface area contributed by atoms with Gasteiger partial charge in [0.1, 0.15) is 18.2 Å². The SMILES string of the molecule is C#CCOc1ccc(F)cc1NC(=O)NCCO. The lowest BCUT2D eigenvalue weighted by Gasteiger charge is -2.11. The van der Waals surface area contributed by atoms with Crippen LogP contribution in [-0.2, 0) is 0 Å².